The second kappa shape index (κ2) is 15.4. The molecule has 0 bridgehead atoms. The van der Waals surface area contributed by atoms with E-state index in [1.165, 1.54) is 0 Å². The number of amides is 2. The van der Waals surface area contributed by atoms with Crippen LogP contribution in [0.5, 0.6) is 0 Å². The van der Waals surface area contributed by atoms with Crippen molar-refractivity contribution in [3.05, 3.63) is 126 Å². The van der Waals surface area contributed by atoms with Gasteiger partial charge in [0.15, 0.2) is 0 Å². The van der Waals surface area contributed by atoms with Gasteiger partial charge in [-0.2, -0.15) is 0 Å². The monoisotopic (exact) mass is 625 g/mol. The van der Waals surface area contributed by atoms with Crippen molar-refractivity contribution in [2.45, 2.75) is 69.7 Å². The molecule has 10 heteroatoms. The number of carbonyl (C=O) groups is 3. The summed E-state index contributed by atoms with van der Waals surface area (Å²) in [5, 5.41) is 14.9. The first-order chi connectivity index (χ1) is 22.0. The molecule has 0 unspecified atom stereocenters. The Kier molecular flexibility index (Phi) is 11.3. The molecule has 0 fully saturated rings. The summed E-state index contributed by atoms with van der Waals surface area (Å²) in [5.41, 5.74) is 8.62. The Labute approximate surface area is 270 Å². The van der Waals surface area contributed by atoms with Crippen LogP contribution in [-0.4, -0.2) is 56.9 Å². The van der Waals surface area contributed by atoms with Gasteiger partial charge < -0.3 is 30.8 Å². The topological polar surface area (TPSA) is 149 Å². The molecule has 0 aliphatic carbocycles. The fraction of sp³-hybridized carbons (Fsp3) is 0.333. The third-order valence-corrected chi connectivity index (χ3v) is 7.57. The number of nitrogens with one attached hydrogen (secondary N) is 2. The highest BCUT2D eigenvalue weighted by atomic mass is 16.6. The first-order valence-corrected chi connectivity index (χ1v) is 15.5. The van der Waals surface area contributed by atoms with Gasteiger partial charge in [-0.1, -0.05) is 91.0 Å². The molecule has 5 N–H and O–H groups in total. The van der Waals surface area contributed by atoms with Crippen LogP contribution in [0.3, 0.4) is 0 Å². The number of alkyl carbamates (subject to hydrolysis) is 1. The molecular weight excluding hydrogens is 582 g/mol. The van der Waals surface area contributed by atoms with E-state index in [9.17, 15) is 19.5 Å². The molecule has 46 heavy (non-hydrogen) atoms. The van der Waals surface area contributed by atoms with Gasteiger partial charge >= 0.3 is 12.1 Å². The zero-order chi connectivity index (χ0) is 33.2. The maximum Gasteiger partial charge on any atom is 0.407 e. The summed E-state index contributed by atoms with van der Waals surface area (Å²) in [7, 11) is 0. The number of ether oxygens (including phenoxy) is 1. The molecule has 3 aromatic carbocycles. The maximum absolute atomic E-state index is 13.0. The van der Waals surface area contributed by atoms with Crippen LogP contribution in [0, 0.1) is 0 Å². The Morgan fingerprint density at radius 1 is 0.870 bits per heavy atom. The molecule has 242 valence electrons. The predicted molar refractivity (Wildman–Crippen MR) is 176 cm³/mol. The van der Waals surface area contributed by atoms with E-state index < -0.39 is 41.2 Å². The summed E-state index contributed by atoms with van der Waals surface area (Å²) in [5.74, 6) is -1.72. The van der Waals surface area contributed by atoms with Crippen LogP contribution in [0.1, 0.15) is 62.4 Å². The normalized spacial score (nSPS) is 13.0. The highest BCUT2D eigenvalue weighted by Gasteiger charge is 2.38. The Balaban J connectivity index is 1.46. The molecule has 2 amide bonds. The smallest absolute Gasteiger partial charge is 0.407 e. The van der Waals surface area contributed by atoms with Gasteiger partial charge in [-0.05, 0) is 56.7 Å². The second-order valence-electron chi connectivity index (χ2n) is 12.2. The molecule has 4 rings (SSSR count). The maximum atomic E-state index is 13.0. The van der Waals surface area contributed by atoms with Crippen molar-refractivity contribution in [3.63, 3.8) is 0 Å². The van der Waals surface area contributed by atoms with Crippen molar-refractivity contribution in [2.24, 2.45) is 5.73 Å². The molecule has 0 saturated carbocycles. The first-order valence-electron chi connectivity index (χ1n) is 15.5. The van der Waals surface area contributed by atoms with E-state index in [0.717, 1.165) is 16.7 Å². The number of hydrogen-bond donors (Lipinski definition) is 4. The van der Waals surface area contributed by atoms with Gasteiger partial charge in [0.25, 0.3) is 0 Å². The van der Waals surface area contributed by atoms with Crippen LogP contribution in [0.25, 0.3) is 0 Å². The summed E-state index contributed by atoms with van der Waals surface area (Å²) < 4.78 is 7.24. The molecule has 2 atom stereocenters. The number of hydrogen-bond acceptors (Lipinski definition) is 6. The number of carbonyl (C=O) groups excluding carboxylic acids is 2. The van der Waals surface area contributed by atoms with Crippen LogP contribution >= 0.6 is 0 Å². The minimum Gasteiger partial charge on any atom is -0.480 e. The van der Waals surface area contributed by atoms with E-state index >= 15 is 0 Å². The number of carboxylic acids is 1. The molecule has 1 aromatic heterocycles. The molecule has 0 aliphatic rings. The molecule has 0 spiro atoms. The fourth-order valence-corrected chi connectivity index (χ4v) is 5.47. The van der Waals surface area contributed by atoms with Gasteiger partial charge in [0.05, 0.1) is 18.1 Å². The van der Waals surface area contributed by atoms with E-state index in [4.69, 9.17) is 10.5 Å². The highest BCUT2D eigenvalue weighted by molar-refractivity contribution is 5.86. The van der Waals surface area contributed by atoms with Crippen LogP contribution in [0.15, 0.2) is 104 Å². The molecular formula is C36H43N5O5. The van der Waals surface area contributed by atoms with Crippen molar-refractivity contribution < 1.29 is 24.2 Å². The summed E-state index contributed by atoms with van der Waals surface area (Å²) in [6.07, 6.45) is 4.40. The highest BCUT2D eigenvalue weighted by Crippen LogP contribution is 2.40. The lowest BCUT2D eigenvalue weighted by molar-refractivity contribution is -0.142. The molecule has 1 heterocycles. The quantitative estimate of drug-likeness (QED) is 0.116. The molecule has 0 saturated heterocycles. The lowest BCUT2D eigenvalue weighted by atomic mass is 9.77. The Bertz CT molecular complexity index is 1470. The van der Waals surface area contributed by atoms with Crippen LogP contribution in [0.2, 0.25) is 0 Å². The van der Waals surface area contributed by atoms with Gasteiger partial charge in [-0.3, -0.25) is 4.79 Å². The van der Waals surface area contributed by atoms with Crippen molar-refractivity contribution in [1.29, 1.82) is 0 Å². The minimum atomic E-state index is -1.15. The Morgan fingerprint density at radius 2 is 1.39 bits per heavy atom. The molecule has 0 aliphatic heterocycles. The average Bonchev–Trinajstić information content (AvgIpc) is 3.49. The average molecular weight is 626 g/mol. The number of unbranched alkanes of at least 4 members (excludes halogenated alkanes) is 1. The number of nitrogens with zero attached hydrogens (tertiary/aromatic N) is 2. The van der Waals surface area contributed by atoms with Crippen LogP contribution in [0.4, 0.5) is 4.79 Å². The SMILES string of the molecule is CC(C)(C)OC(=O)NCCCC[C@H](NC(=O)[C@@H](N)Cc1cn(C(c2ccccc2)(c2ccccc2)c2ccccc2)cn1)C(=O)O. The Morgan fingerprint density at radius 3 is 1.87 bits per heavy atom. The van der Waals surface area contributed by atoms with Crippen LogP contribution < -0.4 is 16.4 Å². The van der Waals surface area contributed by atoms with Gasteiger partial charge in [0, 0.05) is 19.2 Å². The van der Waals surface area contributed by atoms with Gasteiger partial charge in [-0.25, -0.2) is 14.6 Å². The van der Waals surface area contributed by atoms with E-state index in [1.807, 2.05) is 65.4 Å². The first kappa shape index (κ1) is 33.9. The van der Waals surface area contributed by atoms with Crippen LogP contribution in [-0.2, 0) is 26.3 Å². The van der Waals surface area contributed by atoms with E-state index in [0.29, 0.717) is 25.1 Å². The lowest BCUT2D eigenvalue weighted by Gasteiger charge is -2.37. The van der Waals surface area contributed by atoms with Crippen molar-refractivity contribution >= 4 is 18.0 Å². The minimum absolute atomic E-state index is 0.111. The van der Waals surface area contributed by atoms with E-state index in [2.05, 4.69) is 52.0 Å². The third-order valence-electron chi connectivity index (χ3n) is 7.57. The summed E-state index contributed by atoms with van der Waals surface area (Å²) in [6, 6.07) is 28.3. The zero-order valence-electron chi connectivity index (χ0n) is 26.6. The molecule has 0 radical (unpaired) electrons. The number of nitrogens with two attached hydrogens (primary N) is 1. The fourth-order valence-electron chi connectivity index (χ4n) is 5.47. The van der Waals surface area contributed by atoms with Crippen molar-refractivity contribution in [3.8, 4) is 0 Å². The number of aliphatic carboxylic acids is 1. The summed E-state index contributed by atoms with van der Waals surface area (Å²) in [4.78, 5) is 41.4. The van der Waals surface area contributed by atoms with Crippen molar-refractivity contribution in [2.75, 3.05) is 6.54 Å². The molecule has 10 nitrogen and oxygen atoms in total. The van der Waals surface area contributed by atoms with Gasteiger partial charge in [0.1, 0.15) is 17.2 Å². The largest absolute Gasteiger partial charge is 0.480 e. The molecule has 4 aromatic rings. The number of rotatable bonds is 14. The standard InChI is InChI=1S/C36H43N5O5/c1-35(2,3)46-34(45)38-22-14-13-21-31(33(43)44)40-32(42)30(37)23-29-24-41(25-39-29)36(26-15-7-4-8-16-26,27-17-9-5-10-18-27)28-19-11-6-12-20-28/h4-12,15-20,24-25,30-31H,13-14,21-23,37H2,1-3H3,(H,38,45)(H,40,42)(H,43,44)/t30-,31-/m0/s1. The number of carboxylic acid groups (broad SMARTS) is 1. The number of aromatic nitrogens is 2. The van der Waals surface area contributed by atoms with Gasteiger partial charge in [0.2, 0.25) is 5.91 Å². The van der Waals surface area contributed by atoms with E-state index in [1.54, 1.807) is 27.1 Å². The summed E-state index contributed by atoms with van der Waals surface area (Å²) in [6.45, 7) is 5.65. The van der Waals surface area contributed by atoms with E-state index in [-0.39, 0.29) is 12.8 Å². The lowest BCUT2D eigenvalue weighted by Crippen LogP contribution is -2.49. The number of benzene rings is 3. The predicted octanol–water partition coefficient (Wildman–Crippen LogP) is 4.86. The third kappa shape index (κ3) is 8.60. The van der Waals surface area contributed by atoms with Crippen molar-refractivity contribution in [1.82, 2.24) is 20.2 Å². The zero-order valence-corrected chi connectivity index (χ0v) is 26.6. The Hall–Kier alpha value is -4.96. The summed E-state index contributed by atoms with van der Waals surface area (Å²) >= 11 is 0. The number of imidazole rings is 1. The van der Waals surface area contributed by atoms with Gasteiger partial charge in [-0.15, -0.1) is 0 Å². The second-order valence-corrected chi connectivity index (χ2v) is 12.2.